The summed E-state index contributed by atoms with van der Waals surface area (Å²) in [5.41, 5.74) is 5.93. The molecule has 0 aliphatic carbocycles. The van der Waals surface area contributed by atoms with Gasteiger partial charge in [0.1, 0.15) is 6.54 Å². The Hall–Kier alpha value is -1.43. The predicted molar refractivity (Wildman–Crippen MR) is 78.2 cm³/mol. The Labute approximate surface area is 116 Å². The summed E-state index contributed by atoms with van der Waals surface area (Å²) in [6.07, 6.45) is 1.52. The zero-order valence-corrected chi connectivity index (χ0v) is 12.0. The van der Waals surface area contributed by atoms with Gasteiger partial charge in [-0.05, 0) is 13.0 Å². The van der Waals surface area contributed by atoms with Crippen molar-refractivity contribution < 1.29 is 4.79 Å². The highest BCUT2D eigenvalue weighted by Crippen LogP contribution is 2.24. The number of thioether (sulfide) groups is 1. The summed E-state index contributed by atoms with van der Waals surface area (Å²) in [7, 11) is 0. The fraction of sp³-hybridized carbons (Fsp3) is 0.538. The summed E-state index contributed by atoms with van der Waals surface area (Å²) >= 11 is 1.88. The first-order valence-corrected chi connectivity index (χ1v) is 7.41. The van der Waals surface area contributed by atoms with E-state index in [1.54, 1.807) is 6.07 Å². The van der Waals surface area contributed by atoms with Gasteiger partial charge in [0.15, 0.2) is 0 Å². The molecule has 1 amide bonds. The number of nitrogens with zero attached hydrogens (tertiary/aromatic N) is 2. The van der Waals surface area contributed by atoms with Crippen LogP contribution in [0.3, 0.4) is 0 Å². The molecule has 0 radical (unpaired) electrons. The molecule has 1 aliphatic heterocycles. The summed E-state index contributed by atoms with van der Waals surface area (Å²) in [6, 6.07) is 3.13. The second-order valence-corrected chi connectivity index (χ2v) is 6.32. The molecule has 1 saturated heterocycles. The van der Waals surface area contributed by atoms with Crippen LogP contribution < -0.4 is 11.3 Å². The van der Waals surface area contributed by atoms with Gasteiger partial charge in [-0.15, -0.1) is 0 Å². The van der Waals surface area contributed by atoms with Gasteiger partial charge in [0.25, 0.3) is 5.56 Å². The molecule has 0 spiro atoms. The van der Waals surface area contributed by atoms with Crippen molar-refractivity contribution in [1.82, 2.24) is 9.47 Å². The maximum atomic E-state index is 12.3. The maximum absolute atomic E-state index is 12.3. The zero-order valence-electron chi connectivity index (χ0n) is 11.2. The molecule has 2 atom stereocenters. The standard InChI is InChI=1S/C13H19N3O2S/c1-9-10(2)19-6-5-16(9)13(18)8-15-7-11(14)3-4-12(15)17/h3-4,7,9-10H,5-6,8,14H2,1-2H3. The Balaban J connectivity index is 2.12. The smallest absolute Gasteiger partial charge is 0.251 e. The van der Waals surface area contributed by atoms with Gasteiger partial charge in [-0.2, -0.15) is 11.8 Å². The summed E-state index contributed by atoms with van der Waals surface area (Å²) in [5.74, 6) is 0.927. The van der Waals surface area contributed by atoms with Crippen LogP contribution in [0.2, 0.25) is 0 Å². The molecule has 1 fully saturated rings. The van der Waals surface area contributed by atoms with Crippen LogP contribution in [-0.4, -0.2) is 39.0 Å². The Kier molecular flexibility index (Phi) is 4.19. The number of nitrogen functional groups attached to an aromatic ring is 1. The number of hydrogen-bond donors (Lipinski definition) is 1. The molecule has 19 heavy (non-hydrogen) atoms. The predicted octanol–water partition coefficient (Wildman–Crippen LogP) is 0.783. The van der Waals surface area contributed by atoms with Crippen molar-refractivity contribution in [3.05, 3.63) is 28.7 Å². The van der Waals surface area contributed by atoms with Gasteiger partial charge in [-0.1, -0.05) is 6.92 Å². The van der Waals surface area contributed by atoms with Crippen LogP contribution in [0.1, 0.15) is 13.8 Å². The van der Waals surface area contributed by atoms with Crippen LogP contribution >= 0.6 is 11.8 Å². The number of anilines is 1. The molecule has 2 rings (SSSR count). The average Bonchev–Trinajstić information content (AvgIpc) is 2.37. The number of carbonyl (C=O) groups is 1. The van der Waals surface area contributed by atoms with Gasteiger partial charge in [0.2, 0.25) is 5.91 Å². The van der Waals surface area contributed by atoms with Crippen LogP contribution in [0, 0.1) is 0 Å². The number of nitrogens with two attached hydrogens (primary N) is 1. The first-order chi connectivity index (χ1) is 8.99. The van der Waals surface area contributed by atoms with Crippen molar-refractivity contribution in [2.24, 2.45) is 0 Å². The van der Waals surface area contributed by atoms with Gasteiger partial charge in [-0.3, -0.25) is 9.59 Å². The van der Waals surface area contributed by atoms with Gasteiger partial charge in [-0.25, -0.2) is 0 Å². The number of hydrogen-bond acceptors (Lipinski definition) is 4. The lowest BCUT2D eigenvalue weighted by atomic mass is 10.2. The molecule has 2 N–H and O–H groups in total. The molecule has 6 heteroatoms. The number of rotatable bonds is 2. The van der Waals surface area contributed by atoms with Crippen LogP contribution in [0.5, 0.6) is 0 Å². The lowest BCUT2D eigenvalue weighted by molar-refractivity contribution is -0.133. The van der Waals surface area contributed by atoms with E-state index in [1.165, 1.54) is 16.8 Å². The SMILES string of the molecule is CC1SCCN(C(=O)Cn2cc(N)ccc2=O)C1C. The monoisotopic (exact) mass is 281 g/mol. The van der Waals surface area contributed by atoms with E-state index in [0.717, 1.165) is 12.3 Å². The third-order valence-corrected chi connectivity index (χ3v) is 4.85. The van der Waals surface area contributed by atoms with Crippen molar-refractivity contribution in [3.63, 3.8) is 0 Å². The molecule has 0 saturated carbocycles. The second kappa shape index (κ2) is 5.69. The molecular weight excluding hydrogens is 262 g/mol. The van der Waals surface area contributed by atoms with E-state index >= 15 is 0 Å². The van der Waals surface area contributed by atoms with Crippen molar-refractivity contribution in [3.8, 4) is 0 Å². The van der Waals surface area contributed by atoms with Gasteiger partial charge in [0, 0.05) is 41.5 Å². The molecule has 1 aromatic heterocycles. The largest absolute Gasteiger partial charge is 0.398 e. The van der Waals surface area contributed by atoms with E-state index < -0.39 is 0 Å². The molecule has 2 heterocycles. The first-order valence-electron chi connectivity index (χ1n) is 6.36. The molecule has 0 aromatic carbocycles. The van der Waals surface area contributed by atoms with E-state index in [4.69, 9.17) is 5.73 Å². The van der Waals surface area contributed by atoms with Crippen LogP contribution in [0.4, 0.5) is 5.69 Å². The highest BCUT2D eigenvalue weighted by atomic mass is 32.2. The Morgan fingerprint density at radius 1 is 1.47 bits per heavy atom. The van der Waals surface area contributed by atoms with Gasteiger partial charge < -0.3 is 15.2 Å². The summed E-state index contributed by atoms with van der Waals surface area (Å²) < 4.78 is 1.37. The number of aromatic nitrogens is 1. The quantitative estimate of drug-likeness (QED) is 0.870. The van der Waals surface area contributed by atoms with Crippen LogP contribution in [-0.2, 0) is 11.3 Å². The Morgan fingerprint density at radius 2 is 2.21 bits per heavy atom. The highest BCUT2D eigenvalue weighted by molar-refractivity contribution is 8.00. The van der Waals surface area contributed by atoms with Crippen LogP contribution in [0.15, 0.2) is 23.1 Å². The van der Waals surface area contributed by atoms with Crippen molar-refractivity contribution in [2.45, 2.75) is 31.7 Å². The topological polar surface area (TPSA) is 68.3 Å². The summed E-state index contributed by atoms with van der Waals surface area (Å²) in [6.45, 7) is 4.98. The number of amides is 1. The molecule has 104 valence electrons. The molecule has 0 bridgehead atoms. The van der Waals surface area contributed by atoms with Gasteiger partial charge in [0.05, 0.1) is 0 Å². The number of carbonyl (C=O) groups excluding carboxylic acids is 1. The summed E-state index contributed by atoms with van der Waals surface area (Å²) in [4.78, 5) is 25.8. The lowest BCUT2D eigenvalue weighted by Gasteiger charge is -2.37. The Bertz CT molecular complexity index is 529. The lowest BCUT2D eigenvalue weighted by Crippen LogP contribution is -2.49. The number of pyridine rings is 1. The maximum Gasteiger partial charge on any atom is 0.251 e. The molecule has 1 aliphatic rings. The third kappa shape index (κ3) is 3.12. The minimum Gasteiger partial charge on any atom is -0.398 e. The average molecular weight is 281 g/mol. The minimum absolute atomic E-state index is 0.0210. The van der Waals surface area contributed by atoms with Crippen LogP contribution in [0.25, 0.3) is 0 Å². The van der Waals surface area contributed by atoms with E-state index in [9.17, 15) is 9.59 Å². The van der Waals surface area contributed by atoms with Crippen molar-refractivity contribution >= 4 is 23.4 Å². The second-order valence-electron chi connectivity index (χ2n) is 4.83. The fourth-order valence-electron chi connectivity index (χ4n) is 2.20. The molecule has 1 aromatic rings. The summed E-state index contributed by atoms with van der Waals surface area (Å²) in [5, 5.41) is 0.426. The normalized spacial score (nSPS) is 23.4. The van der Waals surface area contributed by atoms with Gasteiger partial charge >= 0.3 is 0 Å². The van der Waals surface area contributed by atoms with Crippen molar-refractivity contribution in [1.29, 1.82) is 0 Å². The van der Waals surface area contributed by atoms with E-state index in [1.807, 2.05) is 16.7 Å². The van der Waals surface area contributed by atoms with E-state index in [2.05, 4.69) is 13.8 Å². The molecule has 5 nitrogen and oxygen atoms in total. The molecule has 2 unspecified atom stereocenters. The van der Waals surface area contributed by atoms with E-state index in [0.29, 0.717) is 10.9 Å². The third-order valence-electron chi connectivity index (χ3n) is 3.52. The van der Waals surface area contributed by atoms with Crippen molar-refractivity contribution in [2.75, 3.05) is 18.0 Å². The first kappa shape index (κ1) is 14.0. The van der Waals surface area contributed by atoms with E-state index in [-0.39, 0.29) is 24.1 Å². The highest BCUT2D eigenvalue weighted by Gasteiger charge is 2.28. The fourth-order valence-corrected chi connectivity index (χ4v) is 3.29. The molecular formula is C13H19N3O2S. The Morgan fingerprint density at radius 3 is 2.95 bits per heavy atom. The minimum atomic E-state index is -0.199. The zero-order chi connectivity index (χ0) is 14.0.